The number of allylic oxidation sites excluding steroid dienone is 1. The van der Waals surface area contributed by atoms with Crippen LogP contribution in [0.3, 0.4) is 0 Å². The number of hydrogen-bond acceptors (Lipinski definition) is 6. The number of ether oxygens (including phenoxy) is 2. The van der Waals surface area contributed by atoms with E-state index in [9.17, 15) is 19.2 Å². The largest absolute Gasteiger partial charge is 0.460 e. The summed E-state index contributed by atoms with van der Waals surface area (Å²) >= 11 is 0. The molecule has 204 valence electrons. The molecule has 3 atom stereocenters. The second-order valence-corrected chi connectivity index (χ2v) is 9.65. The monoisotopic (exact) mass is 515 g/mol. The van der Waals surface area contributed by atoms with Crippen molar-refractivity contribution in [1.29, 1.82) is 0 Å². The van der Waals surface area contributed by atoms with Gasteiger partial charge in [0, 0.05) is 6.42 Å². The number of rotatable bonds is 14. The average Bonchev–Trinajstić information content (AvgIpc) is 2.83. The summed E-state index contributed by atoms with van der Waals surface area (Å²) in [5.41, 5.74) is 1.85. The van der Waals surface area contributed by atoms with Gasteiger partial charge in [-0.3, -0.25) is 9.59 Å². The van der Waals surface area contributed by atoms with Gasteiger partial charge in [0.2, 0.25) is 11.8 Å². The van der Waals surface area contributed by atoms with Crippen molar-refractivity contribution < 1.29 is 28.7 Å². The van der Waals surface area contributed by atoms with Gasteiger partial charge in [-0.2, -0.15) is 0 Å². The number of alkyl carbamates (subject to hydrolysis) is 1. The fraction of sp³-hybridized carbons (Fsp3) is 0.500. The third-order valence-electron chi connectivity index (χ3n) is 5.40. The van der Waals surface area contributed by atoms with E-state index in [1.165, 1.54) is 6.08 Å². The zero-order valence-electron chi connectivity index (χ0n) is 22.7. The fourth-order valence-corrected chi connectivity index (χ4v) is 3.31. The van der Waals surface area contributed by atoms with Gasteiger partial charge in [0.1, 0.15) is 31.3 Å². The lowest BCUT2D eigenvalue weighted by Crippen LogP contribution is -2.58. The molecule has 0 unspecified atom stereocenters. The number of carbonyl (C=O) groups is 4. The summed E-state index contributed by atoms with van der Waals surface area (Å²) in [6.07, 6.45) is 2.65. The van der Waals surface area contributed by atoms with E-state index >= 15 is 0 Å². The lowest BCUT2D eigenvalue weighted by atomic mass is 9.99. The molecule has 0 fully saturated rings. The Hall–Kier alpha value is -3.62. The normalized spacial score (nSPS) is 13.1. The van der Waals surface area contributed by atoms with Crippen molar-refractivity contribution in [3.63, 3.8) is 0 Å². The molecule has 0 heterocycles. The first-order valence-electron chi connectivity index (χ1n) is 12.4. The van der Waals surface area contributed by atoms with E-state index in [0.29, 0.717) is 0 Å². The Morgan fingerprint density at radius 1 is 0.838 bits per heavy atom. The number of hydrogen-bond donors (Lipinski definition) is 3. The number of carbonyl (C=O) groups excluding carboxylic acids is 4. The van der Waals surface area contributed by atoms with Crippen LogP contribution in [0.5, 0.6) is 0 Å². The Morgan fingerprint density at radius 3 is 1.95 bits per heavy atom. The molecule has 0 bridgehead atoms. The van der Waals surface area contributed by atoms with Crippen LogP contribution >= 0.6 is 0 Å². The van der Waals surface area contributed by atoms with E-state index in [1.54, 1.807) is 33.8 Å². The van der Waals surface area contributed by atoms with Crippen molar-refractivity contribution in [2.24, 2.45) is 11.8 Å². The van der Waals surface area contributed by atoms with Crippen molar-refractivity contribution in [3.8, 4) is 0 Å². The van der Waals surface area contributed by atoms with Gasteiger partial charge in [-0.15, -0.1) is 0 Å². The molecule has 3 N–H and O–H groups in total. The van der Waals surface area contributed by atoms with Crippen LogP contribution in [0.15, 0.2) is 54.6 Å². The van der Waals surface area contributed by atoms with Gasteiger partial charge in [0.25, 0.3) is 0 Å². The molecular formula is C28H41N3O6. The van der Waals surface area contributed by atoms with Gasteiger partial charge >= 0.3 is 12.1 Å². The smallest absolute Gasteiger partial charge is 0.408 e. The molecule has 0 saturated carbocycles. The van der Waals surface area contributed by atoms with E-state index in [4.69, 9.17) is 9.47 Å². The molecule has 0 radical (unpaired) electrons. The SMILES string of the molecule is C=CCOC(=O)N[C@H](C(=O)N[C@H](C(=O)N[C@@H](Cc1ccccc1)C(=O)OCC=C(C)C)C(C)C)C(C)C. The Labute approximate surface area is 220 Å². The molecule has 9 nitrogen and oxygen atoms in total. The Morgan fingerprint density at radius 2 is 1.41 bits per heavy atom. The lowest BCUT2D eigenvalue weighted by Gasteiger charge is -2.28. The van der Waals surface area contributed by atoms with E-state index < -0.39 is 42.0 Å². The molecule has 0 aliphatic heterocycles. The van der Waals surface area contributed by atoms with E-state index in [2.05, 4.69) is 22.5 Å². The first-order chi connectivity index (χ1) is 17.5. The topological polar surface area (TPSA) is 123 Å². The highest BCUT2D eigenvalue weighted by Gasteiger charge is 2.33. The maximum atomic E-state index is 13.3. The van der Waals surface area contributed by atoms with Crippen LogP contribution < -0.4 is 16.0 Å². The molecule has 3 amide bonds. The molecule has 0 spiro atoms. The minimum Gasteiger partial charge on any atom is -0.460 e. The molecule has 0 aliphatic rings. The molecule has 0 saturated heterocycles. The van der Waals surface area contributed by atoms with Crippen LogP contribution in [0.4, 0.5) is 4.79 Å². The van der Waals surface area contributed by atoms with Crippen LogP contribution in [0.1, 0.15) is 47.1 Å². The zero-order chi connectivity index (χ0) is 28.0. The molecular weight excluding hydrogens is 474 g/mol. The quantitative estimate of drug-likeness (QED) is 0.258. The minimum absolute atomic E-state index is 0.00180. The number of nitrogens with one attached hydrogen (secondary N) is 3. The standard InChI is InChI=1S/C28H41N3O6/c1-8-15-37-28(35)31-24(20(6)7)26(33)30-23(19(4)5)25(32)29-22(17-21-12-10-9-11-13-21)27(34)36-16-14-18(2)3/h8-14,19-20,22-24H,1,15-17H2,2-7H3,(H,29,32)(H,30,33)(H,31,35)/t22-,23-,24-/m0/s1. The van der Waals surface area contributed by atoms with E-state index in [0.717, 1.165) is 11.1 Å². The highest BCUT2D eigenvalue weighted by Crippen LogP contribution is 2.10. The van der Waals surface area contributed by atoms with Crippen LogP contribution in [-0.2, 0) is 30.3 Å². The molecule has 0 aliphatic carbocycles. The number of amides is 3. The van der Waals surface area contributed by atoms with Crippen LogP contribution in [0.2, 0.25) is 0 Å². The lowest BCUT2D eigenvalue weighted by molar-refractivity contribution is -0.147. The van der Waals surface area contributed by atoms with Crippen molar-refractivity contribution in [1.82, 2.24) is 16.0 Å². The van der Waals surface area contributed by atoms with E-state index in [-0.39, 0.29) is 31.5 Å². The summed E-state index contributed by atoms with van der Waals surface area (Å²) in [5, 5.41) is 8.00. The number of benzene rings is 1. The maximum absolute atomic E-state index is 13.3. The summed E-state index contributed by atoms with van der Waals surface area (Å²) in [5.74, 6) is -2.22. The Bertz CT molecular complexity index is 938. The third-order valence-corrected chi connectivity index (χ3v) is 5.40. The average molecular weight is 516 g/mol. The first kappa shape index (κ1) is 31.4. The number of esters is 1. The van der Waals surface area contributed by atoms with Crippen LogP contribution in [0, 0.1) is 11.8 Å². The molecule has 37 heavy (non-hydrogen) atoms. The highest BCUT2D eigenvalue weighted by molar-refractivity contribution is 5.93. The highest BCUT2D eigenvalue weighted by atomic mass is 16.5. The second kappa shape index (κ2) is 16.2. The van der Waals surface area contributed by atoms with Gasteiger partial charge in [-0.25, -0.2) is 9.59 Å². The summed E-state index contributed by atoms with van der Waals surface area (Å²) < 4.78 is 10.3. The third kappa shape index (κ3) is 11.8. The molecule has 0 aromatic heterocycles. The Balaban J connectivity index is 3.02. The van der Waals surface area contributed by atoms with Crippen LogP contribution in [0.25, 0.3) is 0 Å². The Kier molecular flexibility index (Phi) is 13.7. The van der Waals surface area contributed by atoms with E-state index in [1.807, 2.05) is 44.2 Å². The van der Waals surface area contributed by atoms with Gasteiger partial charge in [0.15, 0.2) is 0 Å². The second-order valence-electron chi connectivity index (χ2n) is 9.65. The summed E-state index contributed by atoms with van der Waals surface area (Å²) in [6.45, 7) is 14.5. The summed E-state index contributed by atoms with van der Waals surface area (Å²) in [7, 11) is 0. The first-order valence-corrected chi connectivity index (χ1v) is 12.4. The van der Waals surface area contributed by atoms with Gasteiger partial charge in [0.05, 0.1) is 0 Å². The van der Waals surface area contributed by atoms with Crippen molar-refractivity contribution in [2.45, 2.75) is 66.1 Å². The maximum Gasteiger partial charge on any atom is 0.408 e. The van der Waals surface area contributed by atoms with Crippen molar-refractivity contribution in [2.75, 3.05) is 13.2 Å². The zero-order valence-corrected chi connectivity index (χ0v) is 22.7. The summed E-state index contributed by atoms with van der Waals surface area (Å²) in [4.78, 5) is 51.2. The van der Waals surface area contributed by atoms with Crippen molar-refractivity contribution >= 4 is 23.9 Å². The van der Waals surface area contributed by atoms with Gasteiger partial charge < -0.3 is 25.4 Å². The molecule has 1 aromatic rings. The summed E-state index contributed by atoms with van der Waals surface area (Å²) in [6, 6.07) is 6.43. The predicted octanol–water partition coefficient (Wildman–Crippen LogP) is 3.30. The minimum atomic E-state index is -0.955. The molecule has 1 aromatic carbocycles. The molecule has 1 rings (SSSR count). The van der Waals surface area contributed by atoms with Gasteiger partial charge in [-0.05, 0) is 37.3 Å². The van der Waals surface area contributed by atoms with Crippen LogP contribution in [-0.4, -0.2) is 55.2 Å². The fourth-order valence-electron chi connectivity index (χ4n) is 3.31. The van der Waals surface area contributed by atoms with Gasteiger partial charge in [-0.1, -0.05) is 76.3 Å². The molecule has 9 heteroatoms. The predicted molar refractivity (Wildman–Crippen MR) is 143 cm³/mol. The van der Waals surface area contributed by atoms with Crippen molar-refractivity contribution in [3.05, 3.63) is 60.2 Å².